The Bertz CT molecular complexity index is 789. The van der Waals surface area contributed by atoms with Gasteiger partial charge in [-0.15, -0.1) is 0 Å². The average molecular weight is 364 g/mol. The fourth-order valence-corrected chi connectivity index (χ4v) is 5.16. The molecular formula is C23H29N3O. The number of nitrogens with one attached hydrogen (secondary N) is 1. The van der Waals surface area contributed by atoms with E-state index >= 15 is 0 Å². The molecule has 1 N–H and O–H groups in total. The number of carbonyl (C=O) groups excluding carboxylic acids is 1. The van der Waals surface area contributed by atoms with Crippen LogP contribution in [-0.2, 0) is 4.79 Å². The molecule has 0 bridgehead atoms. The van der Waals surface area contributed by atoms with Crippen LogP contribution in [0.15, 0.2) is 35.4 Å². The second-order valence-corrected chi connectivity index (χ2v) is 8.49. The molecule has 1 aromatic rings. The minimum absolute atomic E-state index is 0.0292. The molecule has 2 aliphatic carbocycles. The van der Waals surface area contributed by atoms with Crippen molar-refractivity contribution in [2.24, 2.45) is 11.8 Å². The Kier molecular flexibility index (Phi) is 4.95. The fraction of sp³-hybridized carbons (Fsp3) is 0.565. The first-order valence-corrected chi connectivity index (χ1v) is 10.4. The second-order valence-electron chi connectivity index (χ2n) is 8.49. The van der Waals surface area contributed by atoms with Crippen LogP contribution in [0.25, 0.3) is 0 Å². The summed E-state index contributed by atoms with van der Waals surface area (Å²) in [5.74, 6) is 1.45. The van der Waals surface area contributed by atoms with Gasteiger partial charge in [0.25, 0.3) is 5.91 Å². The highest BCUT2D eigenvalue weighted by Gasteiger charge is 2.45. The van der Waals surface area contributed by atoms with Crippen molar-refractivity contribution < 1.29 is 4.79 Å². The minimum Gasteiger partial charge on any atom is -0.362 e. The lowest BCUT2D eigenvalue weighted by Crippen LogP contribution is -2.52. The van der Waals surface area contributed by atoms with Crippen LogP contribution in [0.3, 0.4) is 0 Å². The van der Waals surface area contributed by atoms with E-state index in [0.717, 1.165) is 36.9 Å². The van der Waals surface area contributed by atoms with Gasteiger partial charge in [0, 0.05) is 17.3 Å². The molecule has 0 radical (unpaired) electrons. The van der Waals surface area contributed by atoms with Crippen LogP contribution in [0.2, 0.25) is 0 Å². The van der Waals surface area contributed by atoms with Gasteiger partial charge in [0.1, 0.15) is 6.17 Å². The molecule has 0 aromatic heterocycles. The number of anilines is 1. The quantitative estimate of drug-likeness (QED) is 0.836. The fourth-order valence-electron chi connectivity index (χ4n) is 5.16. The first-order chi connectivity index (χ1) is 13.1. The van der Waals surface area contributed by atoms with E-state index < -0.39 is 0 Å². The zero-order valence-corrected chi connectivity index (χ0v) is 16.4. The first-order valence-electron chi connectivity index (χ1n) is 10.4. The van der Waals surface area contributed by atoms with Gasteiger partial charge in [-0.05, 0) is 73.8 Å². The third-order valence-electron chi connectivity index (χ3n) is 6.95. The van der Waals surface area contributed by atoms with Crippen LogP contribution in [0, 0.1) is 23.2 Å². The highest BCUT2D eigenvalue weighted by atomic mass is 16.2. The summed E-state index contributed by atoms with van der Waals surface area (Å²) in [5, 5.41) is 12.7. The predicted molar refractivity (Wildman–Crippen MR) is 107 cm³/mol. The van der Waals surface area contributed by atoms with Crippen LogP contribution in [-0.4, -0.2) is 23.0 Å². The number of carbonyl (C=O) groups is 1. The average Bonchev–Trinajstić information content (AvgIpc) is 2.97. The lowest BCUT2D eigenvalue weighted by Gasteiger charge is -2.43. The maximum absolute atomic E-state index is 13.4. The van der Waals surface area contributed by atoms with E-state index in [4.69, 9.17) is 5.26 Å². The molecule has 1 amide bonds. The zero-order valence-electron chi connectivity index (χ0n) is 16.4. The summed E-state index contributed by atoms with van der Waals surface area (Å²) in [4.78, 5) is 15.6. The van der Waals surface area contributed by atoms with Gasteiger partial charge < -0.3 is 10.2 Å². The number of amides is 1. The molecule has 1 aliphatic heterocycles. The number of nitrogens with zero attached hydrogens (tertiary/aromatic N) is 2. The molecular weight excluding hydrogens is 334 g/mol. The van der Waals surface area contributed by atoms with E-state index in [1.165, 1.54) is 24.8 Å². The van der Waals surface area contributed by atoms with Gasteiger partial charge in [-0.2, -0.15) is 5.26 Å². The van der Waals surface area contributed by atoms with Crippen LogP contribution >= 0.6 is 0 Å². The van der Waals surface area contributed by atoms with E-state index in [9.17, 15) is 4.79 Å². The van der Waals surface area contributed by atoms with Crippen LogP contribution in [0.4, 0.5) is 5.69 Å². The van der Waals surface area contributed by atoms with E-state index in [2.05, 4.69) is 30.1 Å². The molecule has 0 unspecified atom stereocenters. The van der Waals surface area contributed by atoms with Crippen molar-refractivity contribution in [2.45, 2.75) is 71.0 Å². The largest absolute Gasteiger partial charge is 0.362 e. The monoisotopic (exact) mass is 363 g/mol. The van der Waals surface area contributed by atoms with Crippen molar-refractivity contribution in [3.8, 4) is 6.07 Å². The molecule has 1 heterocycles. The molecule has 1 saturated carbocycles. The van der Waals surface area contributed by atoms with Gasteiger partial charge in [0.2, 0.25) is 0 Å². The summed E-state index contributed by atoms with van der Waals surface area (Å²) < 4.78 is 0. The summed E-state index contributed by atoms with van der Waals surface area (Å²) in [7, 11) is 0. The van der Waals surface area contributed by atoms with E-state index in [0.29, 0.717) is 23.4 Å². The Morgan fingerprint density at radius 1 is 1.07 bits per heavy atom. The molecule has 3 aliphatic rings. The third kappa shape index (κ3) is 3.25. The van der Waals surface area contributed by atoms with E-state index in [1.807, 2.05) is 24.3 Å². The standard InChI is InChI=1S/C23H29N3O/c1-15-6-5-9-21(16(15)2)26-22(19-7-3-4-8-20(19)23(26)27)25-18-12-10-17(14-24)11-13-18/h10-13,15-16,21-22,25H,3-9H2,1-2H3/t15-,16-,21+,22-/m1/s1. The van der Waals surface area contributed by atoms with Gasteiger partial charge in [-0.1, -0.05) is 26.7 Å². The van der Waals surface area contributed by atoms with Gasteiger partial charge in [-0.3, -0.25) is 4.79 Å². The lowest BCUT2D eigenvalue weighted by atomic mass is 9.77. The number of hydrogen-bond donors (Lipinski definition) is 1. The Morgan fingerprint density at radius 3 is 2.56 bits per heavy atom. The molecule has 1 aromatic carbocycles. The lowest BCUT2D eigenvalue weighted by molar-refractivity contribution is -0.131. The summed E-state index contributed by atoms with van der Waals surface area (Å²) >= 11 is 0. The highest BCUT2D eigenvalue weighted by Crippen LogP contribution is 2.42. The molecule has 0 spiro atoms. The Balaban J connectivity index is 1.66. The maximum atomic E-state index is 13.4. The first kappa shape index (κ1) is 18.1. The Labute approximate surface area is 162 Å². The van der Waals surface area contributed by atoms with Crippen molar-refractivity contribution >= 4 is 11.6 Å². The Morgan fingerprint density at radius 2 is 1.81 bits per heavy atom. The van der Waals surface area contributed by atoms with Crippen molar-refractivity contribution in [2.75, 3.05) is 5.32 Å². The van der Waals surface area contributed by atoms with E-state index in [-0.39, 0.29) is 12.1 Å². The molecule has 0 saturated heterocycles. The van der Waals surface area contributed by atoms with Crippen molar-refractivity contribution in [3.63, 3.8) is 0 Å². The topological polar surface area (TPSA) is 56.1 Å². The number of rotatable bonds is 3. The van der Waals surface area contributed by atoms with Gasteiger partial charge in [-0.25, -0.2) is 0 Å². The molecule has 4 atom stereocenters. The molecule has 27 heavy (non-hydrogen) atoms. The van der Waals surface area contributed by atoms with Gasteiger partial charge >= 0.3 is 0 Å². The molecule has 1 fully saturated rings. The summed E-state index contributed by atoms with van der Waals surface area (Å²) in [6, 6.07) is 10.1. The Hall–Kier alpha value is -2.28. The maximum Gasteiger partial charge on any atom is 0.252 e. The van der Waals surface area contributed by atoms with Crippen molar-refractivity contribution in [3.05, 3.63) is 41.0 Å². The minimum atomic E-state index is -0.0292. The highest BCUT2D eigenvalue weighted by molar-refractivity contribution is 5.98. The molecule has 4 heteroatoms. The van der Waals surface area contributed by atoms with Crippen molar-refractivity contribution in [1.29, 1.82) is 5.26 Å². The zero-order chi connectivity index (χ0) is 19.0. The summed E-state index contributed by atoms with van der Waals surface area (Å²) in [5.41, 5.74) is 4.01. The van der Waals surface area contributed by atoms with Gasteiger partial charge in [0.15, 0.2) is 0 Å². The van der Waals surface area contributed by atoms with Crippen LogP contribution in [0.5, 0.6) is 0 Å². The summed E-state index contributed by atoms with van der Waals surface area (Å²) in [6.45, 7) is 4.64. The predicted octanol–water partition coefficient (Wildman–Crippen LogP) is 4.83. The molecule has 4 rings (SSSR count). The van der Waals surface area contributed by atoms with Crippen LogP contribution < -0.4 is 5.32 Å². The molecule has 142 valence electrons. The van der Waals surface area contributed by atoms with Gasteiger partial charge in [0.05, 0.1) is 11.6 Å². The normalized spacial score (nSPS) is 30.9. The second kappa shape index (κ2) is 7.38. The number of nitriles is 1. The van der Waals surface area contributed by atoms with E-state index in [1.54, 1.807) is 0 Å². The molecule has 4 nitrogen and oxygen atoms in total. The SMILES string of the molecule is C[C@@H]1[C@H](C)CCC[C@@H]1N1C(=O)C2=C(CCCC2)[C@@H]1Nc1ccc(C#N)cc1. The number of benzene rings is 1. The van der Waals surface area contributed by atoms with Crippen LogP contribution in [0.1, 0.15) is 64.4 Å². The third-order valence-corrected chi connectivity index (χ3v) is 6.95. The smallest absolute Gasteiger partial charge is 0.252 e. The number of hydrogen-bond acceptors (Lipinski definition) is 3. The summed E-state index contributed by atoms with van der Waals surface area (Å²) in [6.07, 6.45) is 7.77. The van der Waals surface area contributed by atoms with Crippen molar-refractivity contribution in [1.82, 2.24) is 4.90 Å².